The molecule has 0 aromatic heterocycles. The van der Waals surface area contributed by atoms with E-state index >= 15 is 0 Å². The summed E-state index contributed by atoms with van der Waals surface area (Å²) in [7, 11) is 17.0. The molecule has 2 aliphatic rings. The maximum atomic E-state index is 14.3. The first-order chi connectivity index (χ1) is 30.2. The molecule has 0 saturated carbocycles. The van der Waals surface area contributed by atoms with Gasteiger partial charge in [0.05, 0.1) is 0 Å². The van der Waals surface area contributed by atoms with E-state index in [0.29, 0.717) is 35.4 Å². The Hall–Kier alpha value is -3.01. The van der Waals surface area contributed by atoms with Crippen LogP contribution < -0.4 is 0 Å². The summed E-state index contributed by atoms with van der Waals surface area (Å²) in [5, 5.41) is 0. The second-order valence-corrected chi connectivity index (χ2v) is 61.6. The third-order valence-corrected chi connectivity index (χ3v) is 62.6. The van der Waals surface area contributed by atoms with Gasteiger partial charge in [0, 0.05) is 0 Å². The van der Waals surface area contributed by atoms with Gasteiger partial charge in [0.25, 0.3) is 0 Å². The van der Waals surface area contributed by atoms with Gasteiger partial charge in [-0.1, -0.05) is 0 Å². The standard InChI is InChI=1S/2C22H19F6.C4H8F3Si.2ClH.Zr/c2*1-20(2,3)12-13-7-14-5-4-6-18(19(14)8-13)15-9-16(21(23,24)25)11-17(10-15)22(26,27)28;1-8-3-2-4(5,6)7;;;/h2*4-11H,12H2,1-3H3;8H,2-3H2,1H3;2*1H;/q;;;;;+2/p-2. The average Bonchev–Trinajstić information content (AvgIpc) is 3.72. The quantitative estimate of drug-likeness (QED) is 0.116. The predicted molar refractivity (Wildman–Crippen MR) is 234 cm³/mol. The van der Waals surface area contributed by atoms with Gasteiger partial charge in [-0.05, 0) is 0 Å². The van der Waals surface area contributed by atoms with Crippen LogP contribution in [0.15, 0.2) is 83.9 Å². The molecule has 0 fully saturated rings. The van der Waals surface area contributed by atoms with Crippen molar-refractivity contribution >= 4 is 35.1 Å². The van der Waals surface area contributed by atoms with E-state index in [4.69, 9.17) is 17.0 Å². The number of benzene rings is 4. The maximum absolute atomic E-state index is 14.3. The molecule has 365 valence electrons. The second kappa shape index (κ2) is 17.4. The Morgan fingerprint density at radius 1 is 0.493 bits per heavy atom. The summed E-state index contributed by atoms with van der Waals surface area (Å²) in [6, 6.07) is 10.5. The van der Waals surface area contributed by atoms with Crippen molar-refractivity contribution in [3.63, 3.8) is 0 Å². The summed E-state index contributed by atoms with van der Waals surface area (Å²) < 4.78 is 212. The molecule has 0 N–H and O–H groups in total. The van der Waals surface area contributed by atoms with Gasteiger partial charge in [-0.3, -0.25) is 0 Å². The van der Waals surface area contributed by atoms with Crippen LogP contribution >= 0.6 is 17.0 Å². The number of halogens is 17. The molecule has 3 atom stereocenters. The van der Waals surface area contributed by atoms with Gasteiger partial charge >= 0.3 is 390 Å². The second-order valence-electron chi connectivity index (χ2n) is 20.3. The zero-order valence-corrected chi connectivity index (χ0v) is 42.2. The topological polar surface area (TPSA) is 0 Å². The molecular weight excluding hydrogens is 1050 g/mol. The van der Waals surface area contributed by atoms with Crippen LogP contribution in [0.1, 0.15) is 113 Å². The molecule has 0 nitrogen and oxygen atoms in total. The van der Waals surface area contributed by atoms with Crippen LogP contribution in [0.25, 0.3) is 34.4 Å². The molecule has 0 spiro atoms. The van der Waals surface area contributed by atoms with Crippen LogP contribution in [-0.4, -0.2) is 12.1 Å². The van der Waals surface area contributed by atoms with Gasteiger partial charge in [0.15, 0.2) is 0 Å². The molecule has 0 aliphatic heterocycles. The van der Waals surface area contributed by atoms with Gasteiger partial charge in [0.2, 0.25) is 0 Å². The number of rotatable bonds is 9. The Kier molecular flexibility index (Phi) is 13.8. The summed E-state index contributed by atoms with van der Waals surface area (Å²) in [6.45, 7) is 12.7. The molecule has 0 heterocycles. The Labute approximate surface area is 387 Å². The van der Waals surface area contributed by atoms with E-state index in [1.807, 2.05) is 41.5 Å². The van der Waals surface area contributed by atoms with E-state index in [9.17, 15) is 65.9 Å². The van der Waals surface area contributed by atoms with Crippen molar-refractivity contribution in [2.24, 2.45) is 10.8 Å². The summed E-state index contributed by atoms with van der Waals surface area (Å²) in [5.74, 6) is -3.24. The first kappa shape index (κ1) is 53.3. The van der Waals surface area contributed by atoms with Crippen LogP contribution in [-0.2, 0) is 40.3 Å². The molecular formula is C48H46Cl2F15SiZr. The van der Waals surface area contributed by atoms with E-state index < -0.39 is 116 Å². The third kappa shape index (κ3) is 11.1. The number of allylic oxidation sites excluding steroid dienone is 2. The van der Waals surface area contributed by atoms with Crippen molar-refractivity contribution in [3.05, 3.63) is 128 Å². The van der Waals surface area contributed by atoms with E-state index in [1.54, 1.807) is 30.8 Å². The predicted octanol–water partition coefficient (Wildman–Crippen LogP) is 18.8. The normalized spacial score (nSPS) is 18.5. The van der Waals surface area contributed by atoms with Gasteiger partial charge < -0.3 is 0 Å². The molecule has 4 aromatic carbocycles. The molecule has 0 amide bonds. The van der Waals surface area contributed by atoms with Crippen LogP contribution in [0, 0.1) is 10.8 Å². The molecule has 0 radical (unpaired) electrons. The summed E-state index contributed by atoms with van der Waals surface area (Å²) in [6.07, 6.45) is -23.2. The number of alkyl halides is 15. The fourth-order valence-corrected chi connectivity index (χ4v) is 49.9. The number of hydrogen-bond donors (Lipinski definition) is 0. The van der Waals surface area contributed by atoms with Gasteiger partial charge in [-0.15, -0.1) is 0 Å². The third-order valence-electron chi connectivity index (χ3n) is 12.5. The molecule has 2 aliphatic carbocycles. The van der Waals surface area contributed by atoms with Crippen molar-refractivity contribution in [2.75, 3.05) is 0 Å². The van der Waals surface area contributed by atoms with Crippen LogP contribution in [0.4, 0.5) is 65.9 Å². The van der Waals surface area contributed by atoms with Gasteiger partial charge in [-0.25, -0.2) is 0 Å². The molecule has 6 rings (SSSR count). The Balaban J connectivity index is 1.73. The average molecular weight is 1100 g/mol. The van der Waals surface area contributed by atoms with Crippen molar-refractivity contribution in [1.29, 1.82) is 0 Å². The molecule has 4 aromatic rings. The van der Waals surface area contributed by atoms with E-state index in [0.717, 1.165) is 0 Å². The van der Waals surface area contributed by atoms with Crippen LogP contribution in [0.3, 0.4) is 0 Å². The van der Waals surface area contributed by atoms with Crippen molar-refractivity contribution in [1.82, 2.24) is 0 Å². The van der Waals surface area contributed by atoms with Crippen molar-refractivity contribution in [2.45, 2.75) is 112 Å². The molecule has 67 heavy (non-hydrogen) atoms. The zero-order valence-electron chi connectivity index (χ0n) is 37.1. The Bertz CT molecular complexity index is 2390. The zero-order chi connectivity index (χ0) is 50.5. The Morgan fingerprint density at radius 3 is 1.07 bits per heavy atom. The minimum atomic E-state index is -6.56. The molecule has 0 saturated heterocycles. The van der Waals surface area contributed by atoms with Gasteiger partial charge in [-0.2, -0.15) is 0 Å². The number of hydrogen-bond acceptors (Lipinski definition) is 0. The van der Waals surface area contributed by atoms with Crippen molar-refractivity contribution in [3.8, 4) is 22.3 Å². The van der Waals surface area contributed by atoms with Gasteiger partial charge in [0.1, 0.15) is 0 Å². The van der Waals surface area contributed by atoms with E-state index in [2.05, 4.69) is 0 Å². The monoisotopic (exact) mass is 1100 g/mol. The first-order valence-electron chi connectivity index (χ1n) is 21.1. The SMILES string of the molecule is C[SiH](CCC(F)(F)F)[Zr]([Cl])([Cl])([CH]1C(CC(C)(C)C)=Cc2c(-c3cc(C(F)(F)F)cc(C(F)(F)F)c3)cccc21)[CH]1C(CC(C)(C)C)=Cc2c(-c3cc(C(F)(F)F)cc(C(F)(F)F)c3)cccc21. The minimum absolute atomic E-state index is 0.00353. The summed E-state index contributed by atoms with van der Waals surface area (Å²) in [4.78, 5) is 0. The Morgan fingerprint density at radius 2 is 0.806 bits per heavy atom. The molecule has 19 heteroatoms. The van der Waals surface area contributed by atoms with E-state index in [-0.39, 0.29) is 58.4 Å². The fraction of sp³-hybridized carbons (Fsp3) is 0.417. The van der Waals surface area contributed by atoms with Crippen LogP contribution in [0.2, 0.25) is 12.6 Å². The van der Waals surface area contributed by atoms with Crippen molar-refractivity contribution < 1.29 is 81.4 Å². The first-order valence-corrected chi connectivity index (χ1v) is 37.1. The fourth-order valence-electron chi connectivity index (χ4n) is 9.88. The summed E-state index contributed by atoms with van der Waals surface area (Å²) >= 11 is -6.56. The summed E-state index contributed by atoms with van der Waals surface area (Å²) in [5.41, 5.74) is -6.63. The molecule has 3 unspecified atom stereocenters. The molecule has 0 bridgehead atoms. The van der Waals surface area contributed by atoms with Crippen LogP contribution in [0.5, 0.6) is 0 Å². The number of fused-ring (bicyclic) bond motifs is 2. The van der Waals surface area contributed by atoms with E-state index in [1.165, 1.54) is 24.3 Å².